The van der Waals surface area contributed by atoms with E-state index in [1.54, 1.807) is 6.08 Å². The first-order valence-corrected chi connectivity index (χ1v) is 10.6. The third-order valence-electron chi connectivity index (χ3n) is 4.18. The third kappa shape index (κ3) is 13.6. The zero-order valence-electron chi connectivity index (χ0n) is 18.6. The van der Waals surface area contributed by atoms with Crippen molar-refractivity contribution in [1.29, 1.82) is 0 Å². The lowest BCUT2D eigenvalue weighted by Crippen LogP contribution is -2.02. The molecule has 29 heavy (non-hydrogen) atoms. The Morgan fingerprint density at radius 2 is 2.00 bits per heavy atom. The molecule has 2 aromatic rings. The molecule has 2 rings (SSSR count). The van der Waals surface area contributed by atoms with E-state index in [4.69, 9.17) is 15.6 Å². The fraction of sp³-hybridized carbons (Fsp3) is 0.480. The van der Waals surface area contributed by atoms with Gasteiger partial charge in [-0.2, -0.15) is 0 Å². The van der Waals surface area contributed by atoms with Gasteiger partial charge >= 0.3 is 0 Å². The minimum absolute atomic E-state index is 0.0463. The third-order valence-corrected chi connectivity index (χ3v) is 4.18. The van der Waals surface area contributed by atoms with E-state index in [9.17, 15) is 0 Å². The van der Waals surface area contributed by atoms with E-state index < -0.39 is 0 Å². The van der Waals surface area contributed by atoms with Gasteiger partial charge in [0, 0.05) is 30.1 Å². The Balaban J connectivity index is 0.000000599. The smallest absolute Gasteiger partial charge is 0.0722 e. The van der Waals surface area contributed by atoms with Crippen LogP contribution in [0, 0.1) is 0 Å². The molecule has 1 aromatic carbocycles. The summed E-state index contributed by atoms with van der Waals surface area (Å²) < 4.78 is 5.66. The van der Waals surface area contributed by atoms with Crippen LogP contribution in [0.1, 0.15) is 64.9 Å². The first-order valence-electron chi connectivity index (χ1n) is 10.6. The number of unbranched alkanes of at least 4 members (excludes halogenated alkanes) is 1. The second-order valence-corrected chi connectivity index (χ2v) is 6.94. The monoisotopic (exact) mass is 400 g/mol. The van der Waals surface area contributed by atoms with Crippen LogP contribution in [-0.2, 0) is 11.3 Å². The molecule has 0 bridgehead atoms. The highest BCUT2D eigenvalue weighted by atomic mass is 16.5. The molecule has 0 saturated heterocycles. The van der Waals surface area contributed by atoms with Gasteiger partial charge in [0.15, 0.2) is 0 Å². The Morgan fingerprint density at radius 3 is 2.62 bits per heavy atom. The Morgan fingerprint density at radius 1 is 1.28 bits per heavy atom. The van der Waals surface area contributed by atoms with E-state index in [0.717, 1.165) is 43.2 Å². The van der Waals surface area contributed by atoms with Crippen molar-refractivity contribution >= 4 is 10.8 Å². The molecule has 0 aliphatic carbocycles. The second kappa shape index (κ2) is 17.9. The Bertz CT molecular complexity index is 680. The number of pyridine rings is 1. The summed E-state index contributed by atoms with van der Waals surface area (Å²) in [5.74, 6) is 0. The number of benzene rings is 1. The number of aliphatic hydroxyl groups is 1. The van der Waals surface area contributed by atoms with Crippen LogP contribution < -0.4 is 5.73 Å². The van der Waals surface area contributed by atoms with Crippen LogP contribution in [0.2, 0.25) is 0 Å². The molecule has 0 aliphatic rings. The fourth-order valence-corrected chi connectivity index (χ4v) is 2.54. The van der Waals surface area contributed by atoms with Gasteiger partial charge in [0.2, 0.25) is 0 Å². The highest BCUT2D eigenvalue weighted by molar-refractivity contribution is 5.84. The highest BCUT2D eigenvalue weighted by Crippen LogP contribution is 2.18. The number of nitrogens with two attached hydrogens (primary N) is 1. The number of hydrogen-bond acceptors (Lipinski definition) is 4. The van der Waals surface area contributed by atoms with Crippen LogP contribution in [0.15, 0.2) is 61.6 Å². The fourth-order valence-electron chi connectivity index (χ4n) is 2.54. The van der Waals surface area contributed by atoms with E-state index in [1.807, 2.05) is 38.4 Å². The molecule has 162 valence electrons. The van der Waals surface area contributed by atoms with Crippen LogP contribution >= 0.6 is 0 Å². The molecular formula is C25H40N2O2. The molecule has 1 aromatic heterocycles. The normalized spacial score (nSPS) is 10.9. The summed E-state index contributed by atoms with van der Waals surface area (Å²) in [7, 11) is 0. The number of allylic oxidation sites excluding steroid dienone is 2. The van der Waals surface area contributed by atoms with Gasteiger partial charge in [0.05, 0.1) is 12.7 Å². The lowest BCUT2D eigenvalue weighted by atomic mass is 10.1. The quantitative estimate of drug-likeness (QED) is 0.371. The average molecular weight is 401 g/mol. The number of aromatic nitrogens is 1. The maximum absolute atomic E-state index is 8.99. The van der Waals surface area contributed by atoms with Gasteiger partial charge in [-0.3, -0.25) is 4.98 Å². The number of nitrogens with zero attached hydrogens (tertiary/aromatic N) is 1. The van der Waals surface area contributed by atoms with Crippen LogP contribution in [0.25, 0.3) is 10.8 Å². The molecule has 0 saturated carbocycles. The SMILES string of the molecule is C=C(N)CCCOCc1cccc2cnccc12.C=CC.CCCC[C@@H](O)CC. The van der Waals surface area contributed by atoms with Gasteiger partial charge < -0.3 is 15.6 Å². The first-order chi connectivity index (χ1) is 14.0. The van der Waals surface area contributed by atoms with E-state index in [-0.39, 0.29) is 6.10 Å². The van der Waals surface area contributed by atoms with Crippen molar-refractivity contribution in [3.05, 3.63) is 67.2 Å². The molecule has 0 unspecified atom stereocenters. The van der Waals surface area contributed by atoms with Crippen molar-refractivity contribution in [2.75, 3.05) is 6.61 Å². The minimum atomic E-state index is -0.0463. The minimum Gasteiger partial charge on any atom is -0.403 e. The average Bonchev–Trinajstić information content (AvgIpc) is 2.72. The van der Waals surface area contributed by atoms with Crippen LogP contribution in [0.5, 0.6) is 0 Å². The van der Waals surface area contributed by atoms with Crippen molar-refractivity contribution in [2.24, 2.45) is 5.73 Å². The molecule has 0 spiro atoms. The molecule has 0 amide bonds. The lowest BCUT2D eigenvalue weighted by molar-refractivity contribution is 0.119. The molecule has 0 radical (unpaired) electrons. The van der Waals surface area contributed by atoms with Crippen molar-refractivity contribution in [3.8, 4) is 0 Å². The molecular weight excluding hydrogens is 360 g/mol. The second-order valence-electron chi connectivity index (χ2n) is 6.94. The van der Waals surface area contributed by atoms with E-state index in [1.165, 1.54) is 17.4 Å². The largest absolute Gasteiger partial charge is 0.403 e. The summed E-state index contributed by atoms with van der Waals surface area (Å²) in [5, 5.41) is 11.3. The number of ether oxygens (including phenoxy) is 1. The summed E-state index contributed by atoms with van der Waals surface area (Å²) in [4.78, 5) is 4.12. The van der Waals surface area contributed by atoms with Crippen molar-refractivity contribution in [3.63, 3.8) is 0 Å². The van der Waals surface area contributed by atoms with Gasteiger partial charge in [-0.1, -0.05) is 57.5 Å². The molecule has 1 heterocycles. The summed E-state index contributed by atoms with van der Waals surface area (Å²) in [6, 6.07) is 8.20. The Kier molecular flexibility index (Phi) is 16.6. The predicted molar refractivity (Wildman–Crippen MR) is 126 cm³/mol. The maximum Gasteiger partial charge on any atom is 0.0722 e. The number of aliphatic hydroxyl groups excluding tert-OH is 1. The number of fused-ring (bicyclic) bond motifs is 1. The maximum atomic E-state index is 8.99. The molecule has 4 nitrogen and oxygen atoms in total. The van der Waals surface area contributed by atoms with Crippen molar-refractivity contribution < 1.29 is 9.84 Å². The summed E-state index contributed by atoms with van der Waals surface area (Å²) in [6.07, 6.45) is 11.4. The van der Waals surface area contributed by atoms with Crippen LogP contribution in [0.3, 0.4) is 0 Å². The standard InChI is InChI=1S/C15H18N2O.C7H16O.C3H6/c1-12(16)4-3-9-18-11-14-6-2-5-13-10-17-8-7-15(13)14;1-3-5-6-7(8)4-2;1-3-2/h2,5-8,10H,1,3-4,9,11,16H2;7-8H,3-6H2,1-2H3;3H,1H2,2H3/t;7-;/m.0./s1. The Hall–Kier alpha value is -2.17. The molecule has 3 N–H and O–H groups in total. The zero-order valence-corrected chi connectivity index (χ0v) is 18.6. The predicted octanol–water partition coefficient (Wildman–Crippen LogP) is 6.14. The zero-order chi connectivity index (χ0) is 21.9. The van der Waals surface area contributed by atoms with Crippen molar-refractivity contribution in [2.45, 2.75) is 72.0 Å². The van der Waals surface area contributed by atoms with Crippen LogP contribution in [-0.4, -0.2) is 22.8 Å². The summed E-state index contributed by atoms with van der Waals surface area (Å²) in [6.45, 7) is 14.4. The van der Waals surface area contributed by atoms with Crippen LogP contribution in [0.4, 0.5) is 0 Å². The molecule has 0 fully saturated rings. The van der Waals surface area contributed by atoms with Gasteiger partial charge in [-0.15, -0.1) is 6.58 Å². The summed E-state index contributed by atoms with van der Waals surface area (Å²) in [5.41, 5.74) is 7.42. The molecule has 1 atom stereocenters. The van der Waals surface area contributed by atoms with E-state index in [2.05, 4.69) is 37.2 Å². The first kappa shape index (κ1) is 26.8. The van der Waals surface area contributed by atoms with E-state index >= 15 is 0 Å². The number of hydrogen-bond donors (Lipinski definition) is 2. The summed E-state index contributed by atoms with van der Waals surface area (Å²) >= 11 is 0. The van der Waals surface area contributed by atoms with Gasteiger partial charge in [-0.25, -0.2) is 0 Å². The topological polar surface area (TPSA) is 68.4 Å². The van der Waals surface area contributed by atoms with Gasteiger partial charge in [-0.05, 0) is 49.6 Å². The van der Waals surface area contributed by atoms with Gasteiger partial charge in [0.25, 0.3) is 0 Å². The molecule has 0 aliphatic heterocycles. The highest BCUT2D eigenvalue weighted by Gasteiger charge is 2.00. The van der Waals surface area contributed by atoms with Gasteiger partial charge in [0.1, 0.15) is 0 Å². The molecule has 4 heteroatoms. The van der Waals surface area contributed by atoms with Crippen molar-refractivity contribution in [1.82, 2.24) is 4.98 Å². The lowest BCUT2D eigenvalue weighted by Gasteiger charge is -2.07. The Labute approximate surface area is 177 Å². The van der Waals surface area contributed by atoms with E-state index in [0.29, 0.717) is 13.2 Å². The number of rotatable bonds is 10.